The number of sulfonamides is 1. The van der Waals surface area contributed by atoms with Gasteiger partial charge in [0.1, 0.15) is 11.6 Å². The highest BCUT2D eigenvalue weighted by atomic mass is 32.2. The van der Waals surface area contributed by atoms with E-state index in [2.05, 4.69) is 9.93 Å². The van der Waals surface area contributed by atoms with Crippen LogP contribution in [0.3, 0.4) is 0 Å². The van der Waals surface area contributed by atoms with Crippen LogP contribution in [0.4, 0.5) is 4.39 Å². The summed E-state index contributed by atoms with van der Waals surface area (Å²) in [6.45, 7) is 5.54. The molecule has 0 aromatic heterocycles. The summed E-state index contributed by atoms with van der Waals surface area (Å²) in [7, 11) is -3.78. The Hall–Kier alpha value is -2.41. The average molecular weight is 350 g/mol. The van der Waals surface area contributed by atoms with Crippen molar-refractivity contribution in [3.8, 4) is 5.75 Å². The molecule has 24 heavy (non-hydrogen) atoms. The molecular formula is C17H19FN2O3S. The van der Waals surface area contributed by atoms with Gasteiger partial charge in [0.05, 0.1) is 17.2 Å². The van der Waals surface area contributed by atoms with E-state index in [1.165, 1.54) is 36.5 Å². The quantitative estimate of drug-likeness (QED) is 0.642. The van der Waals surface area contributed by atoms with Gasteiger partial charge in [0.2, 0.25) is 0 Å². The number of benzene rings is 2. The molecule has 0 aliphatic heterocycles. The van der Waals surface area contributed by atoms with Crippen LogP contribution in [0, 0.1) is 12.7 Å². The maximum Gasteiger partial charge on any atom is 0.276 e. The Morgan fingerprint density at radius 1 is 1.17 bits per heavy atom. The van der Waals surface area contributed by atoms with Gasteiger partial charge in [-0.3, -0.25) is 0 Å². The Labute approximate surface area is 141 Å². The molecule has 128 valence electrons. The van der Waals surface area contributed by atoms with Crippen molar-refractivity contribution in [3.63, 3.8) is 0 Å². The molecule has 0 spiro atoms. The van der Waals surface area contributed by atoms with Gasteiger partial charge in [-0.2, -0.15) is 13.5 Å². The van der Waals surface area contributed by atoms with Crippen molar-refractivity contribution in [2.24, 2.45) is 5.10 Å². The summed E-state index contributed by atoms with van der Waals surface area (Å²) in [6.07, 6.45) is 1.11. The molecule has 0 aliphatic rings. The minimum absolute atomic E-state index is 0.100. The summed E-state index contributed by atoms with van der Waals surface area (Å²) in [5, 5.41) is 3.71. The third-order valence-corrected chi connectivity index (χ3v) is 4.28. The van der Waals surface area contributed by atoms with Gasteiger partial charge < -0.3 is 4.74 Å². The molecule has 7 heteroatoms. The highest BCUT2D eigenvalue weighted by molar-refractivity contribution is 7.89. The van der Waals surface area contributed by atoms with Gasteiger partial charge in [-0.25, -0.2) is 9.22 Å². The number of hydrazone groups is 1. The number of nitrogens with one attached hydrogen (secondary N) is 1. The average Bonchev–Trinajstić information content (AvgIpc) is 2.50. The Bertz CT molecular complexity index is 831. The number of nitrogens with zero attached hydrogens (tertiary/aromatic N) is 1. The summed E-state index contributed by atoms with van der Waals surface area (Å²) in [4.78, 5) is 2.21. The molecule has 1 N–H and O–H groups in total. The normalized spacial score (nSPS) is 11.9. The molecule has 2 aromatic carbocycles. The van der Waals surface area contributed by atoms with Gasteiger partial charge in [-0.05, 0) is 51.1 Å². The van der Waals surface area contributed by atoms with Crippen molar-refractivity contribution in [1.82, 2.24) is 4.83 Å². The number of hydrogen-bond donors (Lipinski definition) is 1. The summed E-state index contributed by atoms with van der Waals surface area (Å²) in [5.41, 5.74) is 1.29. The molecule has 0 bridgehead atoms. The molecule has 5 nitrogen and oxygen atoms in total. The van der Waals surface area contributed by atoms with Crippen LogP contribution in [-0.4, -0.2) is 20.7 Å². The molecule has 0 radical (unpaired) electrons. The molecule has 2 rings (SSSR count). The zero-order valence-electron chi connectivity index (χ0n) is 13.7. The fraction of sp³-hybridized carbons (Fsp3) is 0.235. The first-order chi connectivity index (χ1) is 11.3. The lowest BCUT2D eigenvalue weighted by atomic mass is 10.2. The van der Waals surface area contributed by atoms with Crippen LogP contribution in [-0.2, 0) is 10.0 Å². The highest BCUT2D eigenvalue weighted by Gasteiger charge is 2.12. The van der Waals surface area contributed by atoms with Gasteiger partial charge in [0.15, 0.2) is 0 Å². The van der Waals surface area contributed by atoms with Gasteiger partial charge in [-0.1, -0.05) is 17.7 Å². The first kappa shape index (κ1) is 17.9. The van der Waals surface area contributed by atoms with E-state index in [4.69, 9.17) is 4.74 Å². The number of ether oxygens (including phenoxy) is 1. The summed E-state index contributed by atoms with van der Waals surface area (Å²) in [6, 6.07) is 10.3. The van der Waals surface area contributed by atoms with Crippen LogP contribution in [0.2, 0.25) is 0 Å². The van der Waals surface area contributed by atoms with E-state index in [0.717, 1.165) is 5.56 Å². The van der Waals surface area contributed by atoms with E-state index in [9.17, 15) is 12.8 Å². The van der Waals surface area contributed by atoms with Gasteiger partial charge in [-0.15, -0.1) is 0 Å². The predicted octanol–water partition coefficient (Wildman–Crippen LogP) is 3.23. The van der Waals surface area contributed by atoms with Crippen molar-refractivity contribution in [2.45, 2.75) is 31.8 Å². The van der Waals surface area contributed by atoms with E-state index in [1.54, 1.807) is 12.1 Å². The Balaban J connectivity index is 2.19. The first-order valence-electron chi connectivity index (χ1n) is 7.35. The zero-order chi connectivity index (χ0) is 17.7. The molecule has 0 amide bonds. The Morgan fingerprint density at radius 3 is 2.46 bits per heavy atom. The first-order valence-corrected chi connectivity index (χ1v) is 8.84. The minimum atomic E-state index is -3.78. The zero-order valence-corrected chi connectivity index (χ0v) is 14.5. The van der Waals surface area contributed by atoms with E-state index < -0.39 is 15.8 Å². The topological polar surface area (TPSA) is 67.8 Å². The number of rotatable bonds is 6. The minimum Gasteiger partial charge on any atom is -0.490 e. The van der Waals surface area contributed by atoms with Crippen molar-refractivity contribution < 1.29 is 17.5 Å². The summed E-state index contributed by atoms with van der Waals surface area (Å²) < 4.78 is 43.2. The number of aryl methyl sites for hydroxylation is 1. The molecule has 0 aliphatic carbocycles. The van der Waals surface area contributed by atoms with Crippen molar-refractivity contribution >= 4 is 16.2 Å². The fourth-order valence-corrected chi connectivity index (χ4v) is 2.71. The lowest BCUT2D eigenvalue weighted by Crippen LogP contribution is -2.18. The molecule has 0 fully saturated rings. The summed E-state index contributed by atoms with van der Waals surface area (Å²) >= 11 is 0. The van der Waals surface area contributed by atoms with Gasteiger partial charge in [0, 0.05) is 5.56 Å². The molecule has 0 heterocycles. The third-order valence-electron chi connectivity index (χ3n) is 3.04. The molecule has 0 unspecified atom stereocenters. The number of halogens is 1. The SMILES string of the molecule is Cc1ccc(S(=O)(=O)N/N=C/c2cc(F)ccc2OC(C)C)cc1. The van der Waals surface area contributed by atoms with Crippen LogP contribution in [0.1, 0.15) is 25.0 Å². The third kappa shape index (κ3) is 4.79. The van der Waals surface area contributed by atoms with Crippen molar-refractivity contribution in [2.75, 3.05) is 0 Å². The van der Waals surface area contributed by atoms with Gasteiger partial charge in [0.25, 0.3) is 10.0 Å². The second kappa shape index (κ2) is 7.44. The molecule has 0 atom stereocenters. The van der Waals surface area contributed by atoms with E-state index in [1.807, 2.05) is 20.8 Å². The second-order valence-corrected chi connectivity index (χ2v) is 7.18. The molecule has 0 saturated carbocycles. The van der Waals surface area contributed by atoms with Gasteiger partial charge >= 0.3 is 0 Å². The molecular weight excluding hydrogens is 331 g/mol. The standard InChI is InChI=1S/C17H19FN2O3S/c1-12(2)23-17-9-6-15(18)10-14(17)11-19-20-24(21,22)16-7-4-13(3)5-8-16/h4-12,20H,1-3H3/b19-11+. The Morgan fingerprint density at radius 2 is 1.83 bits per heavy atom. The number of hydrogen-bond acceptors (Lipinski definition) is 4. The molecule has 2 aromatic rings. The van der Waals surface area contributed by atoms with E-state index in [0.29, 0.717) is 11.3 Å². The lowest BCUT2D eigenvalue weighted by Gasteiger charge is -2.12. The monoisotopic (exact) mass is 350 g/mol. The van der Waals surface area contributed by atoms with Crippen molar-refractivity contribution in [3.05, 3.63) is 59.4 Å². The van der Waals surface area contributed by atoms with Crippen LogP contribution in [0.25, 0.3) is 0 Å². The van der Waals surface area contributed by atoms with Crippen LogP contribution >= 0.6 is 0 Å². The lowest BCUT2D eigenvalue weighted by molar-refractivity contribution is 0.242. The smallest absolute Gasteiger partial charge is 0.276 e. The van der Waals surface area contributed by atoms with Crippen molar-refractivity contribution in [1.29, 1.82) is 0 Å². The highest BCUT2D eigenvalue weighted by Crippen LogP contribution is 2.19. The van der Waals surface area contributed by atoms with Crippen LogP contribution in [0.15, 0.2) is 52.5 Å². The summed E-state index contributed by atoms with van der Waals surface area (Å²) in [5.74, 6) is -0.0429. The second-order valence-electron chi connectivity index (χ2n) is 5.51. The maximum absolute atomic E-state index is 13.4. The van der Waals surface area contributed by atoms with E-state index >= 15 is 0 Å². The molecule has 0 saturated heterocycles. The predicted molar refractivity (Wildman–Crippen MR) is 91.3 cm³/mol. The van der Waals surface area contributed by atoms with Crippen LogP contribution < -0.4 is 9.57 Å². The van der Waals surface area contributed by atoms with Crippen LogP contribution in [0.5, 0.6) is 5.75 Å². The van der Waals surface area contributed by atoms with E-state index in [-0.39, 0.29) is 11.0 Å². The largest absolute Gasteiger partial charge is 0.490 e. The maximum atomic E-state index is 13.4. The Kier molecular flexibility index (Phi) is 5.56. The fourth-order valence-electron chi connectivity index (χ4n) is 1.92.